The molecule has 1 rings (SSSR count). The van der Waals surface area contributed by atoms with E-state index in [9.17, 15) is 4.79 Å². The van der Waals surface area contributed by atoms with Crippen molar-refractivity contribution in [1.29, 1.82) is 0 Å². The Balaban J connectivity index is 2.78. The standard InChI is InChI=1S/C12H16B2N2O3/c1-5-12(13,14)18-9-7-15-8(6-16-9)10(17)19-11(2,3)4/h1,6-7H,13-14H2,2-4H3. The lowest BCUT2D eigenvalue weighted by molar-refractivity contribution is 0.00622. The van der Waals surface area contributed by atoms with Crippen LogP contribution >= 0.6 is 0 Å². The number of hydrogen-bond acceptors (Lipinski definition) is 5. The highest BCUT2D eigenvalue weighted by atomic mass is 16.6. The maximum Gasteiger partial charge on any atom is 0.359 e. The first-order valence-electron chi connectivity index (χ1n) is 5.85. The average Bonchev–Trinajstić information content (AvgIpc) is 2.27. The van der Waals surface area contributed by atoms with Gasteiger partial charge in [0.25, 0.3) is 0 Å². The largest absolute Gasteiger partial charge is 0.477 e. The molecule has 0 aliphatic carbocycles. The fraction of sp³-hybridized carbons (Fsp3) is 0.417. The molecule has 0 atom stereocenters. The second-order valence-corrected chi connectivity index (χ2v) is 5.50. The summed E-state index contributed by atoms with van der Waals surface area (Å²) in [5.41, 5.74) is -0.444. The average molecular weight is 258 g/mol. The van der Waals surface area contributed by atoms with Crippen LogP contribution in [-0.2, 0) is 4.74 Å². The normalized spacial score (nSPS) is 11.5. The van der Waals surface area contributed by atoms with Gasteiger partial charge < -0.3 is 9.47 Å². The molecule has 0 aromatic carbocycles. The van der Waals surface area contributed by atoms with Gasteiger partial charge in [0.2, 0.25) is 5.88 Å². The first-order chi connectivity index (χ1) is 8.63. The molecule has 7 heteroatoms. The molecule has 0 aliphatic rings. The lowest BCUT2D eigenvalue weighted by atomic mass is 9.66. The SMILES string of the molecule is BC(B)(C#C)Oc1cnc(C(=O)OC(C)(C)C)cn1. The molecule has 0 amide bonds. The maximum atomic E-state index is 11.7. The summed E-state index contributed by atoms with van der Waals surface area (Å²) in [6.45, 7) is 5.35. The number of hydrogen-bond donors (Lipinski definition) is 0. The van der Waals surface area contributed by atoms with Crippen molar-refractivity contribution in [1.82, 2.24) is 9.97 Å². The van der Waals surface area contributed by atoms with Gasteiger partial charge in [0.05, 0.1) is 17.8 Å². The molecule has 1 aromatic heterocycles. The second kappa shape index (κ2) is 5.35. The Morgan fingerprint density at radius 2 is 1.95 bits per heavy atom. The van der Waals surface area contributed by atoms with Crippen molar-refractivity contribution in [2.24, 2.45) is 0 Å². The molecule has 0 unspecified atom stereocenters. The third-order valence-electron chi connectivity index (χ3n) is 1.94. The van der Waals surface area contributed by atoms with Crippen LogP contribution in [0.2, 0.25) is 0 Å². The van der Waals surface area contributed by atoms with Crippen LogP contribution in [0.1, 0.15) is 31.3 Å². The minimum atomic E-state index is -0.776. The van der Waals surface area contributed by atoms with Crippen LogP contribution in [0.3, 0.4) is 0 Å². The van der Waals surface area contributed by atoms with Gasteiger partial charge in [0, 0.05) is 0 Å². The number of rotatable bonds is 3. The molecule has 0 radical (unpaired) electrons. The van der Waals surface area contributed by atoms with Crippen LogP contribution in [0.4, 0.5) is 0 Å². The summed E-state index contributed by atoms with van der Waals surface area (Å²) in [5.74, 6) is 2.21. The minimum Gasteiger partial charge on any atom is -0.477 e. The van der Waals surface area contributed by atoms with Crippen LogP contribution in [0.5, 0.6) is 5.88 Å². The number of nitrogens with zero attached hydrogens (tertiary/aromatic N) is 2. The molecule has 0 saturated heterocycles. The number of ether oxygens (including phenoxy) is 2. The van der Waals surface area contributed by atoms with Gasteiger partial charge in [0.15, 0.2) is 21.4 Å². The highest BCUT2D eigenvalue weighted by Crippen LogP contribution is 2.13. The van der Waals surface area contributed by atoms with Crippen molar-refractivity contribution in [3.8, 4) is 18.2 Å². The van der Waals surface area contributed by atoms with Gasteiger partial charge in [-0.25, -0.2) is 14.8 Å². The van der Waals surface area contributed by atoms with Crippen LogP contribution in [-0.4, -0.2) is 42.6 Å². The number of terminal acetylenes is 1. The molecular weight excluding hydrogens is 242 g/mol. The van der Waals surface area contributed by atoms with E-state index in [2.05, 4.69) is 15.9 Å². The zero-order chi connectivity index (χ0) is 14.7. The highest BCUT2D eigenvalue weighted by Gasteiger charge is 2.20. The first-order valence-corrected chi connectivity index (χ1v) is 5.85. The summed E-state index contributed by atoms with van der Waals surface area (Å²) in [4.78, 5) is 19.6. The van der Waals surface area contributed by atoms with Crippen molar-refractivity contribution in [2.75, 3.05) is 0 Å². The quantitative estimate of drug-likeness (QED) is 0.410. The smallest absolute Gasteiger partial charge is 0.359 e. The van der Waals surface area contributed by atoms with Crippen molar-refractivity contribution >= 4 is 21.7 Å². The maximum absolute atomic E-state index is 11.7. The Morgan fingerprint density at radius 1 is 1.32 bits per heavy atom. The van der Waals surface area contributed by atoms with Crippen LogP contribution in [0.25, 0.3) is 0 Å². The fourth-order valence-electron chi connectivity index (χ4n) is 1.10. The Labute approximate surface area is 114 Å². The van der Waals surface area contributed by atoms with E-state index in [0.29, 0.717) is 0 Å². The Hall–Kier alpha value is -1.96. The zero-order valence-corrected chi connectivity index (χ0v) is 11.9. The van der Waals surface area contributed by atoms with E-state index < -0.39 is 17.0 Å². The summed E-state index contributed by atoms with van der Waals surface area (Å²) < 4.78 is 10.6. The summed E-state index contributed by atoms with van der Waals surface area (Å²) in [6, 6.07) is 0. The predicted molar refractivity (Wildman–Crippen MR) is 76.5 cm³/mol. The number of carbonyl (C=O) groups excluding carboxylic acids is 1. The topological polar surface area (TPSA) is 61.3 Å². The van der Waals surface area contributed by atoms with Gasteiger partial charge in [-0.3, -0.25) is 0 Å². The second-order valence-electron chi connectivity index (χ2n) is 5.50. The third-order valence-corrected chi connectivity index (χ3v) is 1.94. The highest BCUT2D eigenvalue weighted by molar-refractivity contribution is 6.41. The molecule has 19 heavy (non-hydrogen) atoms. The van der Waals surface area contributed by atoms with Gasteiger partial charge in [-0.2, -0.15) is 0 Å². The summed E-state index contributed by atoms with van der Waals surface area (Å²) in [6.07, 6.45) is 7.95. The molecule has 0 fully saturated rings. The van der Waals surface area contributed by atoms with E-state index in [4.69, 9.17) is 15.9 Å². The summed E-state index contributed by atoms with van der Waals surface area (Å²) >= 11 is 0. The molecule has 0 aliphatic heterocycles. The van der Waals surface area contributed by atoms with Crippen molar-refractivity contribution in [3.05, 3.63) is 18.1 Å². The van der Waals surface area contributed by atoms with E-state index in [1.54, 1.807) is 36.5 Å². The third kappa shape index (κ3) is 5.04. The Bertz CT molecular complexity index is 501. The fourth-order valence-corrected chi connectivity index (χ4v) is 1.10. The molecular formula is C12H16B2N2O3. The molecule has 1 heterocycles. The Kier molecular flexibility index (Phi) is 4.25. The van der Waals surface area contributed by atoms with Crippen molar-refractivity contribution in [2.45, 2.75) is 31.8 Å². The number of esters is 1. The van der Waals surface area contributed by atoms with E-state index >= 15 is 0 Å². The number of aromatic nitrogens is 2. The lowest BCUT2D eigenvalue weighted by Gasteiger charge is -2.20. The molecule has 5 nitrogen and oxygen atoms in total. The van der Waals surface area contributed by atoms with Gasteiger partial charge in [-0.15, -0.1) is 6.42 Å². The zero-order valence-electron chi connectivity index (χ0n) is 11.9. The summed E-state index contributed by atoms with van der Waals surface area (Å²) in [5, 5.41) is -0.776. The van der Waals surface area contributed by atoms with E-state index in [1.807, 2.05) is 0 Å². The van der Waals surface area contributed by atoms with E-state index in [-0.39, 0.29) is 11.6 Å². The van der Waals surface area contributed by atoms with E-state index in [1.165, 1.54) is 12.4 Å². The van der Waals surface area contributed by atoms with Crippen molar-refractivity contribution < 1.29 is 14.3 Å². The van der Waals surface area contributed by atoms with Gasteiger partial charge in [-0.1, -0.05) is 5.92 Å². The first kappa shape index (κ1) is 15.1. The van der Waals surface area contributed by atoms with Crippen LogP contribution in [0.15, 0.2) is 12.4 Å². The molecule has 0 bridgehead atoms. The molecule has 0 spiro atoms. The summed E-state index contributed by atoms with van der Waals surface area (Å²) in [7, 11) is 3.47. The van der Waals surface area contributed by atoms with Gasteiger partial charge in [0.1, 0.15) is 5.60 Å². The lowest BCUT2D eigenvalue weighted by Crippen LogP contribution is -2.35. The number of carbonyl (C=O) groups is 1. The minimum absolute atomic E-state index is 0.126. The molecule has 1 aromatic rings. The molecule has 0 N–H and O–H groups in total. The van der Waals surface area contributed by atoms with E-state index in [0.717, 1.165) is 0 Å². The monoisotopic (exact) mass is 258 g/mol. The van der Waals surface area contributed by atoms with Gasteiger partial charge >= 0.3 is 5.97 Å². The Morgan fingerprint density at radius 3 is 2.37 bits per heavy atom. The predicted octanol–water partition coefficient (Wildman–Crippen LogP) is -0.636. The van der Waals surface area contributed by atoms with Crippen LogP contribution in [0, 0.1) is 12.3 Å². The molecule has 0 saturated carbocycles. The van der Waals surface area contributed by atoms with Gasteiger partial charge in [-0.05, 0) is 20.8 Å². The van der Waals surface area contributed by atoms with Crippen LogP contribution < -0.4 is 4.74 Å². The van der Waals surface area contributed by atoms with Crippen molar-refractivity contribution in [3.63, 3.8) is 0 Å². The molecule has 98 valence electrons.